The molecule has 3 aromatic rings. The van der Waals surface area contributed by atoms with Crippen LogP contribution in [0.3, 0.4) is 0 Å². The van der Waals surface area contributed by atoms with E-state index in [9.17, 15) is 4.79 Å². The number of aromatic nitrogens is 1. The van der Waals surface area contributed by atoms with Crippen LogP contribution in [0.2, 0.25) is 0 Å². The van der Waals surface area contributed by atoms with Crippen LogP contribution < -0.4 is 11.4 Å². The summed E-state index contributed by atoms with van der Waals surface area (Å²) in [6.45, 7) is 3.92. The quantitative estimate of drug-likeness (QED) is 0.588. The summed E-state index contributed by atoms with van der Waals surface area (Å²) >= 11 is 3.12. The zero-order valence-corrected chi connectivity index (χ0v) is 13.3. The number of rotatable bonds is 3. The fraction of sp³-hybridized carbons (Fsp3) is 0.200. The molecule has 0 spiro atoms. The van der Waals surface area contributed by atoms with Gasteiger partial charge in [0, 0.05) is 17.2 Å². The molecule has 6 heteroatoms. The van der Waals surface area contributed by atoms with Crippen molar-refractivity contribution in [2.45, 2.75) is 23.8 Å². The number of thiazole rings is 1. The summed E-state index contributed by atoms with van der Waals surface area (Å²) in [6.07, 6.45) is 0. The van der Waals surface area contributed by atoms with Crippen LogP contribution >= 0.6 is 23.1 Å². The molecule has 21 heavy (non-hydrogen) atoms. The highest BCUT2D eigenvalue weighted by Crippen LogP contribution is 2.34. The second kappa shape index (κ2) is 5.54. The number of fused-ring (bicyclic) bond motifs is 1. The maximum absolute atomic E-state index is 11.7. The Hall–Kier alpha value is -1.79. The molecular weight excluding hydrogens is 304 g/mol. The second-order valence-electron chi connectivity index (χ2n) is 4.80. The first kappa shape index (κ1) is 14.2. The summed E-state index contributed by atoms with van der Waals surface area (Å²) in [6, 6.07) is 7.47. The van der Waals surface area contributed by atoms with Crippen molar-refractivity contribution in [3.05, 3.63) is 51.5 Å². The first-order valence-corrected chi connectivity index (χ1v) is 8.22. The molecule has 0 aliphatic rings. The van der Waals surface area contributed by atoms with E-state index in [1.807, 2.05) is 32.0 Å². The van der Waals surface area contributed by atoms with E-state index in [0.29, 0.717) is 16.5 Å². The van der Waals surface area contributed by atoms with Gasteiger partial charge in [-0.2, -0.15) is 0 Å². The van der Waals surface area contributed by atoms with Gasteiger partial charge in [0.1, 0.15) is 5.58 Å². The Balaban J connectivity index is 1.97. The lowest BCUT2D eigenvalue weighted by Crippen LogP contribution is -2.00. The van der Waals surface area contributed by atoms with Gasteiger partial charge in [-0.3, -0.25) is 0 Å². The van der Waals surface area contributed by atoms with Crippen molar-refractivity contribution in [2.75, 3.05) is 5.73 Å². The predicted octanol–water partition coefficient (Wildman–Crippen LogP) is 3.74. The number of hydrogen-bond acceptors (Lipinski definition) is 6. The van der Waals surface area contributed by atoms with Crippen LogP contribution in [-0.2, 0) is 5.75 Å². The van der Waals surface area contributed by atoms with Crippen molar-refractivity contribution < 1.29 is 4.42 Å². The molecule has 108 valence electrons. The van der Waals surface area contributed by atoms with Crippen molar-refractivity contribution in [2.24, 2.45) is 0 Å². The highest BCUT2D eigenvalue weighted by atomic mass is 32.2. The van der Waals surface area contributed by atoms with Gasteiger partial charge in [-0.05, 0) is 31.0 Å². The summed E-state index contributed by atoms with van der Waals surface area (Å²) in [5.74, 6) is 0.688. The Morgan fingerprint density at radius 1 is 1.33 bits per heavy atom. The molecule has 0 saturated carbocycles. The third-order valence-electron chi connectivity index (χ3n) is 3.12. The van der Waals surface area contributed by atoms with Crippen LogP contribution in [0.1, 0.15) is 16.8 Å². The van der Waals surface area contributed by atoms with Crippen molar-refractivity contribution in [3.63, 3.8) is 0 Å². The molecule has 2 aromatic heterocycles. The van der Waals surface area contributed by atoms with Gasteiger partial charge in [-0.25, -0.2) is 9.78 Å². The van der Waals surface area contributed by atoms with Gasteiger partial charge in [0.15, 0.2) is 5.13 Å². The van der Waals surface area contributed by atoms with Crippen molar-refractivity contribution in [1.29, 1.82) is 0 Å². The highest BCUT2D eigenvalue weighted by Gasteiger charge is 2.10. The summed E-state index contributed by atoms with van der Waals surface area (Å²) in [4.78, 5) is 15.9. The molecule has 1 aromatic carbocycles. The molecule has 2 N–H and O–H groups in total. The van der Waals surface area contributed by atoms with E-state index >= 15 is 0 Å². The van der Waals surface area contributed by atoms with Crippen LogP contribution in [0.15, 0.2) is 37.7 Å². The lowest BCUT2D eigenvalue weighted by Gasteiger charge is -2.05. The smallest absolute Gasteiger partial charge is 0.336 e. The van der Waals surface area contributed by atoms with Gasteiger partial charge in [0.25, 0.3) is 0 Å². The summed E-state index contributed by atoms with van der Waals surface area (Å²) in [5.41, 5.74) is 9.01. The number of anilines is 1. The standard InChI is InChI=1S/C15H14N2O2S2/c1-8-3-4-11-10(6-13(18)19-12(11)5-8)7-20-14-9(2)17-15(16)21-14/h3-6H,7H2,1-2H3,(H2,16,17). The normalized spacial score (nSPS) is 11.1. The lowest BCUT2D eigenvalue weighted by molar-refractivity contribution is 0.559. The Kier molecular flexibility index (Phi) is 3.73. The fourth-order valence-corrected chi connectivity index (χ4v) is 4.15. The van der Waals surface area contributed by atoms with Crippen LogP contribution in [0.5, 0.6) is 0 Å². The Morgan fingerprint density at radius 2 is 2.14 bits per heavy atom. The summed E-state index contributed by atoms with van der Waals surface area (Å²) in [7, 11) is 0. The maximum Gasteiger partial charge on any atom is 0.336 e. The third-order valence-corrected chi connectivity index (χ3v) is 5.51. The van der Waals surface area contributed by atoms with Crippen LogP contribution in [0.25, 0.3) is 11.0 Å². The number of aryl methyl sites for hydroxylation is 2. The van der Waals surface area contributed by atoms with Gasteiger partial charge in [0.2, 0.25) is 0 Å². The minimum atomic E-state index is -0.316. The molecule has 0 radical (unpaired) electrons. The van der Waals surface area contributed by atoms with Gasteiger partial charge in [0.05, 0.1) is 9.90 Å². The topological polar surface area (TPSA) is 69.1 Å². The fourth-order valence-electron chi connectivity index (χ4n) is 2.14. The molecule has 0 aliphatic heterocycles. The van der Waals surface area contributed by atoms with Crippen LogP contribution in [0.4, 0.5) is 5.13 Å². The second-order valence-corrected chi connectivity index (χ2v) is 7.08. The minimum Gasteiger partial charge on any atom is -0.423 e. The summed E-state index contributed by atoms with van der Waals surface area (Å²) < 4.78 is 6.35. The van der Waals surface area contributed by atoms with Gasteiger partial charge in [-0.1, -0.05) is 23.5 Å². The molecule has 0 unspecified atom stereocenters. The molecule has 0 bridgehead atoms. The van der Waals surface area contributed by atoms with E-state index in [-0.39, 0.29) is 5.63 Å². The van der Waals surface area contributed by atoms with Crippen LogP contribution in [0, 0.1) is 13.8 Å². The number of hydrogen-bond donors (Lipinski definition) is 1. The molecule has 4 nitrogen and oxygen atoms in total. The molecule has 2 heterocycles. The molecular formula is C15H14N2O2S2. The Morgan fingerprint density at radius 3 is 2.86 bits per heavy atom. The SMILES string of the molecule is Cc1ccc2c(CSc3sc(N)nc3C)cc(=O)oc2c1. The maximum atomic E-state index is 11.7. The summed E-state index contributed by atoms with van der Waals surface area (Å²) in [5, 5.41) is 1.55. The number of nitrogens with two attached hydrogens (primary N) is 1. The lowest BCUT2D eigenvalue weighted by atomic mass is 10.1. The van der Waals surface area contributed by atoms with Crippen LogP contribution in [-0.4, -0.2) is 4.98 Å². The monoisotopic (exact) mass is 318 g/mol. The van der Waals surface area contributed by atoms with E-state index < -0.39 is 0 Å². The first-order chi connectivity index (χ1) is 10.0. The molecule has 0 atom stereocenters. The average molecular weight is 318 g/mol. The van der Waals surface area contributed by atoms with Crippen molar-refractivity contribution in [1.82, 2.24) is 4.98 Å². The molecule has 0 fully saturated rings. The molecule has 0 amide bonds. The zero-order valence-electron chi connectivity index (χ0n) is 11.7. The predicted molar refractivity (Wildman–Crippen MR) is 88.0 cm³/mol. The van der Waals surface area contributed by atoms with E-state index in [1.165, 1.54) is 11.3 Å². The molecule has 3 rings (SSSR count). The van der Waals surface area contributed by atoms with E-state index in [1.54, 1.807) is 17.8 Å². The number of thioether (sulfide) groups is 1. The number of benzene rings is 1. The van der Waals surface area contributed by atoms with Crippen molar-refractivity contribution in [3.8, 4) is 0 Å². The first-order valence-electron chi connectivity index (χ1n) is 6.42. The van der Waals surface area contributed by atoms with Gasteiger partial charge < -0.3 is 10.2 Å². The number of nitrogens with zero attached hydrogens (tertiary/aromatic N) is 1. The Bertz CT molecular complexity index is 868. The number of nitrogen functional groups attached to an aromatic ring is 1. The third kappa shape index (κ3) is 2.96. The minimum absolute atomic E-state index is 0.316. The van der Waals surface area contributed by atoms with E-state index in [2.05, 4.69) is 4.98 Å². The average Bonchev–Trinajstić information content (AvgIpc) is 2.73. The zero-order chi connectivity index (χ0) is 15.0. The molecule has 0 aliphatic carbocycles. The largest absolute Gasteiger partial charge is 0.423 e. The highest BCUT2D eigenvalue weighted by molar-refractivity contribution is 8.00. The van der Waals surface area contributed by atoms with Gasteiger partial charge >= 0.3 is 5.63 Å². The Labute approximate surface area is 130 Å². The van der Waals surface area contributed by atoms with E-state index in [0.717, 1.165) is 26.4 Å². The molecule has 0 saturated heterocycles. The van der Waals surface area contributed by atoms with Gasteiger partial charge in [-0.15, -0.1) is 11.8 Å². The van der Waals surface area contributed by atoms with Crippen molar-refractivity contribution >= 4 is 39.2 Å². The van der Waals surface area contributed by atoms with E-state index in [4.69, 9.17) is 10.2 Å².